The standard InChI is InChI=1S/C16H20NO5/c1-10(18)21-9-22-14(19)11-6-7-12-13(8-11)16(4,5)17(20)15(12,2)3/h6-8H,9H2,1-5H3. The fourth-order valence-corrected chi connectivity index (χ4v) is 2.88. The maximum atomic E-state index is 12.5. The number of rotatable bonds is 3. The van der Waals surface area contributed by atoms with Gasteiger partial charge in [-0.3, -0.25) is 4.79 Å². The molecule has 0 spiro atoms. The highest BCUT2D eigenvalue weighted by Gasteiger charge is 2.50. The third-order valence-corrected chi connectivity index (χ3v) is 4.04. The van der Waals surface area contributed by atoms with E-state index in [1.54, 1.807) is 18.2 Å². The van der Waals surface area contributed by atoms with Gasteiger partial charge in [0.05, 0.1) is 16.6 Å². The maximum absolute atomic E-state index is 12.5. The number of carbonyl (C=O) groups is 2. The topological polar surface area (TPSA) is 75.7 Å². The van der Waals surface area contributed by atoms with Crippen LogP contribution < -0.4 is 0 Å². The Kier molecular flexibility index (Phi) is 4.02. The summed E-state index contributed by atoms with van der Waals surface area (Å²) in [5.41, 5.74) is 0.632. The molecule has 0 bridgehead atoms. The van der Waals surface area contributed by atoms with Gasteiger partial charge in [-0.1, -0.05) is 6.07 Å². The number of ether oxygens (including phenoxy) is 2. The van der Waals surface area contributed by atoms with E-state index in [-0.39, 0.29) is 0 Å². The van der Waals surface area contributed by atoms with Crippen LogP contribution in [0.25, 0.3) is 0 Å². The van der Waals surface area contributed by atoms with Gasteiger partial charge in [-0.25, -0.2) is 4.79 Å². The predicted molar refractivity (Wildman–Crippen MR) is 77.1 cm³/mol. The first-order chi connectivity index (χ1) is 10.1. The van der Waals surface area contributed by atoms with Gasteiger partial charge in [0.1, 0.15) is 0 Å². The van der Waals surface area contributed by atoms with E-state index in [0.717, 1.165) is 16.2 Å². The molecule has 0 fully saturated rings. The molecule has 0 unspecified atom stereocenters. The number of carbonyl (C=O) groups excluding carboxylic acids is 2. The summed E-state index contributed by atoms with van der Waals surface area (Å²) in [5.74, 6) is -1.12. The lowest BCUT2D eigenvalue weighted by molar-refractivity contribution is -0.266. The van der Waals surface area contributed by atoms with Crippen LogP contribution >= 0.6 is 0 Å². The van der Waals surface area contributed by atoms with Crippen LogP contribution in [0.5, 0.6) is 0 Å². The minimum atomic E-state index is -0.731. The van der Waals surface area contributed by atoms with Crippen molar-refractivity contribution < 1.29 is 24.3 Å². The Balaban J connectivity index is 2.28. The van der Waals surface area contributed by atoms with Crippen LogP contribution in [0.4, 0.5) is 0 Å². The van der Waals surface area contributed by atoms with E-state index in [1.165, 1.54) is 6.92 Å². The van der Waals surface area contributed by atoms with Crippen molar-refractivity contribution in [2.45, 2.75) is 45.7 Å². The largest absolute Gasteiger partial charge is 0.428 e. The Hall–Kier alpha value is -1.92. The molecule has 1 heterocycles. The number of hydroxylamine groups is 2. The zero-order valence-electron chi connectivity index (χ0n) is 13.4. The summed E-state index contributed by atoms with van der Waals surface area (Å²) in [7, 11) is 0. The van der Waals surface area contributed by atoms with E-state index in [1.807, 2.05) is 27.7 Å². The average Bonchev–Trinajstić information content (AvgIpc) is 2.57. The second kappa shape index (κ2) is 5.37. The van der Waals surface area contributed by atoms with Crippen molar-refractivity contribution in [3.8, 4) is 0 Å². The fraction of sp³-hybridized carbons (Fsp3) is 0.500. The van der Waals surface area contributed by atoms with Gasteiger partial charge in [0, 0.05) is 6.92 Å². The summed E-state index contributed by atoms with van der Waals surface area (Å²) >= 11 is 0. The van der Waals surface area contributed by atoms with Gasteiger partial charge in [-0.15, -0.1) is 10.3 Å². The molecule has 119 valence electrons. The van der Waals surface area contributed by atoms with Crippen LogP contribution in [-0.2, 0) is 30.6 Å². The van der Waals surface area contributed by atoms with Gasteiger partial charge in [0.15, 0.2) is 0 Å². The Morgan fingerprint density at radius 2 is 1.64 bits per heavy atom. The number of hydrogen-bond acceptors (Lipinski definition) is 5. The van der Waals surface area contributed by atoms with Crippen LogP contribution in [0, 0.1) is 0 Å². The van der Waals surface area contributed by atoms with E-state index in [0.29, 0.717) is 5.56 Å². The van der Waals surface area contributed by atoms with Gasteiger partial charge in [0.25, 0.3) is 0 Å². The number of esters is 2. The first-order valence-electron chi connectivity index (χ1n) is 7.01. The van der Waals surface area contributed by atoms with Gasteiger partial charge in [-0.2, -0.15) is 0 Å². The second-order valence-electron chi connectivity index (χ2n) is 6.36. The van der Waals surface area contributed by atoms with Crippen molar-refractivity contribution in [3.05, 3.63) is 34.9 Å². The number of fused-ring (bicyclic) bond motifs is 1. The monoisotopic (exact) mass is 306 g/mol. The first kappa shape index (κ1) is 16.5. The SMILES string of the molecule is CC(=O)OCOC(=O)c1ccc2c(c1)C(C)(C)N([O])C2(C)C. The summed E-state index contributed by atoms with van der Waals surface area (Å²) < 4.78 is 9.45. The second-order valence-corrected chi connectivity index (χ2v) is 6.36. The lowest BCUT2D eigenvalue weighted by Crippen LogP contribution is -2.41. The van der Waals surface area contributed by atoms with E-state index in [4.69, 9.17) is 4.74 Å². The molecule has 0 atom stereocenters. The van der Waals surface area contributed by atoms with Crippen molar-refractivity contribution in [1.29, 1.82) is 0 Å². The Labute approximate surface area is 129 Å². The Bertz CT molecular complexity index is 621. The summed E-state index contributed by atoms with van der Waals surface area (Å²) in [5, 5.41) is 13.5. The van der Waals surface area contributed by atoms with Crippen LogP contribution in [0.2, 0.25) is 0 Å². The maximum Gasteiger partial charge on any atom is 0.341 e. The summed E-state index contributed by atoms with van der Waals surface area (Å²) in [6.45, 7) is 8.16. The average molecular weight is 306 g/mol. The summed E-state index contributed by atoms with van der Waals surface area (Å²) in [4.78, 5) is 22.6. The smallest absolute Gasteiger partial charge is 0.341 e. The molecule has 1 aromatic rings. The first-order valence-corrected chi connectivity index (χ1v) is 7.01. The summed E-state index contributed by atoms with van der Waals surface area (Å²) in [6.07, 6.45) is 0. The van der Waals surface area contributed by atoms with E-state index >= 15 is 0 Å². The van der Waals surface area contributed by atoms with Crippen molar-refractivity contribution in [3.63, 3.8) is 0 Å². The molecule has 0 aliphatic carbocycles. The molecule has 22 heavy (non-hydrogen) atoms. The molecule has 0 N–H and O–H groups in total. The Morgan fingerprint density at radius 1 is 1.05 bits per heavy atom. The van der Waals surface area contributed by atoms with Gasteiger partial charge < -0.3 is 9.47 Å². The molecule has 0 saturated heterocycles. The molecule has 1 aliphatic heterocycles. The molecule has 1 radical (unpaired) electrons. The van der Waals surface area contributed by atoms with Crippen molar-refractivity contribution in [2.75, 3.05) is 6.79 Å². The molecule has 1 aromatic carbocycles. The van der Waals surface area contributed by atoms with Crippen LogP contribution in [0.3, 0.4) is 0 Å². The number of hydrogen-bond donors (Lipinski definition) is 0. The number of nitrogens with zero attached hydrogens (tertiary/aromatic N) is 1. The van der Waals surface area contributed by atoms with E-state index < -0.39 is 29.8 Å². The summed E-state index contributed by atoms with van der Waals surface area (Å²) in [6, 6.07) is 5.06. The van der Waals surface area contributed by atoms with Gasteiger partial charge in [0.2, 0.25) is 6.79 Å². The zero-order chi connectivity index (χ0) is 16.7. The lowest BCUT2D eigenvalue weighted by Gasteiger charge is -2.32. The molecule has 0 saturated carbocycles. The van der Waals surface area contributed by atoms with Crippen molar-refractivity contribution >= 4 is 11.9 Å². The van der Waals surface area contributed by atoms with E-state index in [2.05, 4.69) is 4.74 Å². The van der Waals surface area contributed by atoms with E-state index in [9.17, 15) is 14.8 Å². The van der Waals surface area contributed by atoms with Crippen molar-refractivity contribution in [2.24, 2.45) is 0 Å². The molecule has 0 aromatic heterocycles. The molecule has 6 nitrogen and oxygen atoms in total. The lowest BCUT2D eigenvalue weighted by atomic mass is 9.89. The minimum absolute atomic E-state index is 0.324. The molecular formula is C16H20NO5. The molecule has 0 amide bonds. The van der Waals surface area contributed by atoms with Crippen LogP contribution in [0.1, 0.15) is 56.1 Å². The van der Waals surface area contributed by atoms with Crippen molar-refractivity contribution in [1.82, 2.24) is 5.06 Å². The highest BCUT2D eigenvalue weighted by Crippen LogP contribution is 2.48. The highest BCUT2D eigenvalue weighted by atomic mass is 16.7. The number of benzene rings is 1. The molecule has 1 aliphatic rings. The third kappa shape index (κ3) is 2.60. The third-order valence-electron chi connectivity index (χ3n) is 4.04. The normalized spacial score (nSPS) is 18.6. The highest BCUT2D eigenvalue weighted by molar-refractivity contribution is 5.90. The van der Waals surface area contributed by atoms with Gasteiger partial charge >= 0.3 is 11.9 Å². The van der Waals surface area contributed by atoms with Gasteiger partial charge in [-0.05, 0) is 51.0 Å². The fourth-order valence-electron chi connectivity index (χ4n) is 2.88. The van der Waals surface area contributed by atoms with Crippen LogP contribution in [-0.4, -0.2) is 23.8 Å². The van der Waals surface area contributed by atoms with Crippen LogP contribution in [0.15, 0.2) is 18.2 Å². The molecule has 2 rings (SSSR count). The molecule has 6 heteroatoms. The Morgan fingerprint density at radius 3 is 2.23 bits per heavy atom. The quantitative estimate of drug-likeness (QED) is 0.633. The minimum Gasteiger partial charge on any atom is -0.428 e. The predicted octanol–water partition coefficient (Wildman–Crippen LogP) is 2.50. The molecular weight excluding hydrogens is 286 g/mol. The zero-order valence-corrected chi connectivity index (χ0v) is 13.4.